The predicted octanol–water partition coefficient (Wildman–Crippen LogP) is 5.27. The molecule has 0 aliphatic rings. The number of thiazole rings is 1. The number of hydrogen-bond donors (Lipinski definition) is 1. The largest absolute Gasteiger partial charge is 0.486 e. The molecule has 3 rings (SSSR count). The first-order valence-electron chi connectivity index (χ1n) is 7.48. The Kier molecular flexibility index (Phi) is 5.63. The molecule has 1 heterocycles. The molecule has 1 N–H and O–H groups in total. The molecule has 0 atom stereocenters. The second kappa shape index (κ2) is 8.09. The minimum Gasteiger partial charge on any atom is -0.486 e. The van der Waals surface area contributed by atoms with Crippen LogP contribution in [-0.4, -0.2) is 11.2 Å². The van der Waals surface area contributed by atoms with Crippen molar-refractivity contribution in [3.8, 4) is 5.75 Å². The molecule has 128 valence electrons. The number of aromatic nitrogens is 1. The summed E-state index contributed by atoms with van der Waals surface area (Å²) in [6, 6.07) is 11.9. The van der Waals surface area contributed by atoms with E-state index in [1.54, 1.807) is 24.3 Å². The molecule has 7 heteroatoms. The molecule has 0 saturated carbocycles. The van der Waals surface area contributed by atoms with E-state index in [1.165, 1.54) is 23.6 Å². The van der Waals surface area contributed by atoms with Gasteiger partial charge >= 0.3 is 0 Å². The summed E-state index contributed by atoms with van der Waals surface area (Å²) in [4.78, 5) is 4.22. The van der Waals surface area contributed by atoms with Crippen LogP contribution in [-0.2, 0) is 6.61 Å². The number of benzene rings is 2. The maximum absolute atomic E-state index is 14.1. The molecule has 0 fully saturated rings. The summed E-state index contributed by atoms with van der Waals surface area (Å²) in [5.74, 6) is -0.267. The van der Waals surface area contributed by atoms with E-state index in [2.05, 4.69) is 15.5 Å². The van der Waals surface area contributed by atoms with Crippen molar-refractivity contribution in [2.75, 3.05) is 5.43 Å². The molecule has 0 bridgehead atoms. The fraction of sp³-hybridized carbons (Fsp3) is 0.111. The SMILES string of the molecule is Cc1csc(NN=Cc2ccc(OCc3cccc(Cl)c3)c(F)c2)n1. The Hall–Kier alpha value is -2.44. The third-order valence-electron chi connectivity index (χ3n) is 3.23. The fourth-order valence-corrected chi connectivity index (χ4v) is 2.92. The summed E-state index contributed by atoms with van der Waals surface area (Å²) in [6.07, 6.45) is 1.53. The number of aryl methyl sites for hydroxylation is 1. The van der Waals surface area contributed by atoms with Crippen molar-refractivity contribution >= 4 is 34.3 Å². The first kappa shape index (κ1) is 17.4. The van der Waals surface area contributed by atoms with Crippen LogP contribution in [0.1, 0.15) is 16.8 Å². The van der Waals surface area contributed by atoms with E-state index in [-0.39, 0.29) is 12.4 Å². The molecule has 0 spiro atoms. The molecule has 25 heavy (non-hydrogen) atoms. The summed E-state index contributed by atoms with van der Waals surface area (Å²) in [5, 5.41) is 7.28. The van der Waals surface area contributed by atoms with Gasteiger partial charge in [0.2, 0.25) is 5.13 Å². The number of anilines is 1. The van der Waals surface area contributed by atoms with Crippen LogP contribution in [0, 0.1) is 12.7 Å². The van der Waals surface area contributed by atoms with E-state index in [4.69, 9.17) is 16.3 Å². The third kappa shape index (κ3) is 5.01. The van der Waals surface area contributed by atoms with E-state index in [0.29, 0.717) is 15.7 Å². The van der Waals surface area contributed by atoms with Crippen LogP contribution in [0.15, 0.2) is 52.9 Å². The van der Waals surface area contributed by atoms with Gasteiger partial charge in [0.05, 0.1) is 11.9 Å². The molecule has 0 amide bonds. The van der Waals surface area contributed by atoms with Gasteiger partial charge in [0, 0.05) is 10.4 Å². The molecule has 0 aliphatic heterocycles. The highest BCUT2D eigenvalue weighted by molar-refractivity contribution is 7.13. The average Bonchev–Trinajstić information content (AvgIpc) is 2.99. The molecule has 2 aromatic carbocycles. The number of nitrogens with one attached hydrogen (secondary N) is 1. The van der Waals surface area contributed by atoms with Crippen molar-refractivity contribution in [1.29, 1.82) is 0 Å². The Balaban J connectivity index is 1.60. The Bertz CT molecular complexity index is 898. The van der Waals surface area contributed by atoms with Gasteiger partial charge in [-0.25, -0.2) is 9.37 Å². The van der Waals surface area contributed by atoms with Crippen molar-refractivity contribution < 1.29 is 9.13 Å². The number of halogens is 2. The van der Waals surface area contributed by atoms with Crippen LogP contribution in [0.4, 0.5) is 9.52 Å². The van der Waals surface area contributed by atoms with Crippen molar-refractivity contribution in [3.63, 3.8) is 0 Å². The lowest BCUT2D eigenvalue weighted by molar-refractivity contribution is 0.290. The van der Waals surface area contributed by atoms with Crippen LogP contribution in [0.25, 0.3) is 0 Å². The average molecular weight is 376 g/mol. The summed E-state index contributed by atoms with van der Waals surface area (Å²) >= 11 is 7.38. The monoisotopic (exact) mass is 375 g/mol. The van der Waals surface area contributed by atoms with Gasteiger partial charge in [0.25, 0.3) is 0 Å². The lowest BCUT2D eigenvalue weighted by Crippen LogP contribution is -1.98. The van der Waals surface area contributed by atoms with Gasteiger partial charge in [-0.3, -0.25) is 5.43 Å². The van der Waals surface area contributed by atoms with Crippen molar-refractivity contribution in [2.45, 2.75) is 13.5 Å². The Labute approximate surface area is 153 Å². The second-order valence-corrected chi connectivity index (χ2v) is 6.57. The first-order valence-corrected chi connectivity index (χ1v) is 8.74. The molecule has 0 aliphatic carbocycles. The normalized spacial score (nSPS) is 11.0. The number of hydrogen-bond acceptors (Lipinski definition) is 5. The lowest BCUT2D eigenvalue weighted by atomic mass is 10.2. The zero-order valence-corrected chi connectivity index (χ0v) is 14.9. The summed E-state index contributed by atoms with van der Waals surface area (Å²) < 4.78 is 19.6. The topological polar surface area (TPSA) is 46.5 Å². The number of rotatable bonds is 6. The molecule has 3 aromatic rings. The van der Waals surface area contributed by atoms with E-state index in [1.807, 2.05) is 24.4 Å². The van der Waals surface area contributed by atoms with E-state index >= 15 is 0 Å². The Morgan fingerprint density at radius 3 is 2.92 bits per heavy atom. The van der Waals surface area contributed by atoms with E-state index in [0.717, 1.165) is 11.3 Å². The lowest BCUT2D eigenvalue weighted by Gasteiger charge is -2.08. The van der Waals surface area contributed by atoms with Crippen LogP contribution in [0.2, 0.25) is 5.02 Å². The maximum Gasteiger partial charge on any atom is 0.203 e. The van der Waals surface area contributed by atoms with Crippen LogP contribution < -0.4 is 10.2 Å². The van der Waals surface area contributed by atoms with Gasteiger partial charge in [0.15, 0.2) is 11.6 Å². The van der Waals surface area contributed by atoms with Gasteiger partial charge < -0.3 is 4.74 Å². The zero-order chi connectivity index (χ0) is 17.6. The second-order valence-electron chi connectivity index (χ2n) is 5.27. The Morgan fingerprint density at radius 1 is 1.32 bits per heavy atom. The molecule has 4 nitrogen and oxygen atoms in total. The van der Waals surface area contributed by atoms with Crippen molar-refractivity contribution in [1.82, 2.24) is 4.98 Å². The van der Waals surface area contributed by atoms with Crippen molar-refractivity contribution in [2.24, 2.45) is 5.10 Å². The molecule has 0 unspecified atom stereocenters. The highest BCUT2D eigenvalue weighted by Crippen LogP contribution is 2.20. The molecular formula is C18H15ClFN3OS. The van der Waals surface area contributed by atoms with E-state index < -0.39 is 5.82 Å². The quantitative estimate of drug-likeness (QED) is 0.471. The highest BCUT2D eigenvalue weighted by atomic mass is 35.5. The fourth-order valence-electron chi connectivity index (χ4n) is 2.07. The standard InChI is InChI=1S/C18H15ClFN3OS/c1-12-11-25-18(22-12)23-21-9-13-5-6-17(16(20)8-13)24-10-14-3-2-4-15(19)7-14/h2-9,11H,10H2,1H3,(H,22,23). The minimum absolute atomic E-state index is 0.181. The van der Waals surface area contributed by atoms with Gasteiger partial charge in [-0.05, 0) is 48.4 Å². The maximum atomic E-state index is 14.1. The molecular weight excluding hydrogens is 361 g/mol. The van der Waals surface area contributed by atoms with Gasteiger partial charge in [0.1, 0.15) is 6.61 Å². The molecule has 0 radical (unpaired) electrons. The minimum atomic E-state index is -0.448. The number of nitrogens with zero attached hydrogens (tertiary/aromatic N) is 2. The van der Waals surface area contributed by atoms with Gasteiger partial charge in [-0.1, -0.05) is 23.7 Å². The molecule has 1 aromatic heterocycles. The zero-order valence-electron chi connectivity index (χ0n) is 13.4. The summed E-state index contributed by atoms with van der Waals surface area (Å²) in [6.45, 7) is 2.15. The van der Waals surface area contributed by atoms with Crippen molar-refractivity contribution in [3.05, 3.63) is 75.5 Å². The number of ether oxygens (including phenoxy) is 1. The smallest absolute Gasteiger partial charge is 0.203 e. The number of hydrazone groups is 1. The van der Waals surface area contributed by atoms with E-state index in [9.17, 15) is 4.39 Å². The van der Waals surface area contributed by atoms with Crippen LogP contribution in [0.5, 0.6) is 5.75 Å². The summed E-state index contributed by atoms with van der Waals surface area (Å²) in [7, 11) is 0. The Morgan fingerprint density at radius 2 is 2.20 bits per heavy atom. The predicted molar refractivity (Wildman–Crippen MR) is 100 cm³/mol. The van der Waals surface area contributed by atoms with Crippen LogP contribution >= 0.6 is 22.9 Å². The third-order valence-corrected chi connectivity index (χ3v) is 4.33. The highest BCUT2D eigenvalue weighted by Gasteiger charge is 2.05. The summed E-state index contributed by atoms with van der Waals surface area (Å²) in [5.41, 5.74) is 5.23. The van der Waals surface area contributed by atoms with Gasteiger partial charge in [-0.2, -0.15) is 5.10 Å². The van der Waals surface area contributed by atoms with Gasteiger partial charge in [-0.15, -0.1) is 11.3 Å². The van der Waals surface area contributed by atoms with Crippen LogP contribution in [0.3, 0.4) is 0 Å². The first-order chi connectivity index (χ1) is 12.1. The molecule has 0 saturated heterocycles.